The lowest BCUT2D eigenvalue weighted by atomic mass is 10.1. The molecule has 2 aliphatic rings. The first-order chi connectivity index (χ1) is 9.61. The molecule has 0 aliphatic carbocycles. The van der Waals surface area contributed by atoms with Gasteiger partial charge in [-0.15, -0.1) is 12.4 Å². The van der Waals surface area contributed by atoms with Gasteiger partial charge in [0, 0.05) is 31.7 Å². The number of hydrogen-bond acceptors (Lipinski definition) is 4. The molecule has 2 unspecified atom stereocenters. The van der Waals surface area contributed by atoms with Crippen molar-refractivity contribution in [3.63, 3.8) is 0 Å². The number of hydrogen-bond donors (Lipinski definition) is 1. The molecule has 6 heteroatoms. The zero-order valence-electron chi connectivity index (χ0n) is 12.4. The minimum absolute atomic E-state index is 0. The molecule has 0 spiro atoms. The van der Waals surface area contributed by atoms with Crippen LogP contribution in [-0.2, 0) is 6.54 Å². The molecular weight excluding hydrogens is 311 g/mol. The van der Waals surface area contributed by atoms with E-state index in [2.05, 4.69) is 30.1 Å². The van der Waals surface area contributed by atoms with Crippen molar-refractivity contribution in [1.29, 1.82) is 0 Å². The summed E-state index contributed by atoms with van der Waals surface area (Å²) in [6, 6.07) is 5.09. The van der Waals surface area contributed by atoms with Crippen LogP contribution in [0.15, 0.2) is 12.1 Å². The number of nitrogens with zero attached hydrogens (tertiary/aromatic N) is 1. The van der Waals surface area contributed by atoms with E-state index < -0.39 is 0 Å². The molecule has 1 aromatic carbocycles. The van der Waals surface area contributed by atoms with Gasteiger partial charge in [-0.1, -0.05) is 11.6 Å². The molecule has 0 aromatic heterocycles. The van der Waals surface area contributed by atoms with E-state index in [0.29, 0.717) is 36.1 Å². The number of ether oxygens (including phenoxy) is 2. The van der Waals surface area contributed by atoms with Gasteiger partial charge < -0.3 is 14.8 Å². The molecule has 1 N–H and O–H groups in total. The lowest BCUT2D eigenvalue weighted by Gasteiger charge is -2.36. The average Bonchev–Trinajstić information content (AvgIpc) is 2.37. The second-order valence-corrected chi connectivity index (χ2v) is 6.17. The summed E-state index contributed by atoms with van der Waals surface area (Å²) in [7, 11) is 0. The Hall–Kier alpha value is -0.680. The van der Waals surface area contributed by atoms with Gasteiger partial charge in [0.15, 0.2) is 11.5 Å². The lowest BCUT2D eigenvalue weighted by molar-refractivity contribution is 0.163. The van der Waals surface area contributed by atoms with Crippen LogP contribution >= 0.6 is 24.0 Å². The summed E-state index contributed by atoms with van der Waals surface area (Å²) >= 11 is 6.29. The molecule has 1 aromatic rings. The third kappa shape index (κ3) is 3.95. The van der Waals surface area contributed by atoms with E-state index in [4.69, 9.17) is 21.1 Å². The van der Waals surface area contributed by atoms with Gasteiger partial charge >= 0.3 is 0 Å². The fourth-order valence-electron chi connectivity index (χ4n) is 3.08. The van der Waals surface area contributed by atoms with Crippen LogP contribution in [0.1, 0.15) is 19.4 Å². The molecule has 0 radical (unpaired) electrons. The predicted octanol–water partition coefficient (Wildman–Crippen LogP) is 2.72. The van der Waals surface area contributed by atoms with Gasteiger partial charge in [0.2, 0.25) is 0 Å². The van der Waals surface area contributed by atoms with E-state index >= 15 is 0 Å². The number of fused-ring (bicyclic) bond motifs is 1. The van der Waals surface area contributed by atoms with Crippen LogP contribution in [0, 0.1) is 0 Å². The Bertz CT molecular complexity index is 489. The quantitative estimate of drug-likeness (QED) is 0.902. The minimum Gasteiger partial charge on any atom is -0.486 e. The Morgan fingerprint density at radius 1 is 1.19 bits per heavy atom. The molecule has 118 valence electrons. The smallest absolute Gasteiger partial charge is 0.179 e. The highest BCUT2D eigenvalue weighted by Gasteiger charge is 2.22. The first kappa shape index (κ1) is 16.7. The van der Waals surface area contributed by atoms with Crippen molar-refractivity contribution in [3.05, 3.63) is 22.7 Å². The second-order valence-electron chi connectivity index (χ2n) is 5.76. The summed E-state index contributed by atoms with van der Waals surface area (Å²) in [6.45, 7) is 8.60. The molecule has 21 heavy (non-hydrogen) atoms. The second kappa shape index (κ2) is 7.05. The SMILES string of the molecule is CC1CN(Cc2cc(Cl)c3c(c2)OCCO3)CC(C)N1.Cl. The summed E-state index contributed by atoms with van der Waals surface area (Å²) in [5.41, 5.74) is 1.18. The zero-order valence-corrected chi connectivity index (χ0v) is 14.0. The predicted molar refractivity (Wildman–Crippen MR) is 87.0 cm³/mol. The van der Waals surface area contributed by atoms with Crippen molar-refractivity contribution < 1.29 is 9.47 Å². The molecule has 2 heterocycles. The molecule has 0 amide bonds. The number of piperazine rings is 1. The number of nitrogens with one attached hydrogen (secondary N) is 1. The number of benzene rings is 1. The minimum atomic E-state index is 0. The first-order valence-electron chi connectivity index (χ1n) is 7.18. The molecule has 0 bridgehead atoms. The lowest BCUT2D eigenvalue weighted by Crippen LogP contribution is -2.53. The molecular formula is C15H22Cl2N2O2. The summed E-state index contributed by atoms with van der Waals surface area (Å²) in [5.74, 6) is 1.46. The van der Waals surface area contributed by atoms with Crippen LogP contribution in [0.4, 0.5) is 0 Å². The molecule has 1 fully saturated rings. The van der Waals surface area contributed by atoms with Crippen molar-refractivity contribution in [2.75, 3.05) is 26.3 Å². The number of halogens is 2. The monoisotopic (exact) mass is 332 g/mol. The van der Waals surface area contributed by atoms with E-state index in [1.54, 1.807) is 0 Å². The molecule has 3 rings (SSSR count). The van der Waals surface area contributed by atoms with Crippen molar-refractivity contribution in [1.82, 2.24) is 10.2 Å². The Kier molecular flexibility index (Phi) is 5.60. The van der Waals surface area contributed by atoms with Gasteiger partial charge in [-0.25, -0.2) is 0 Å². The summed E-state index contributed by atoms with van der Waals surface area (Å²) in [5, 5.41) is 4.19. The highest BCUT2D eigenvalue weighted by atomic mass is 35.5. The van der Waals surface area contributed by atoms with Gasteiger partial charge in [-0.3, -0.25) is 4.90 Å². The van der Waals surface area contributed by atoms with Gasteiger partial charge in [0.25, 0.3) is 0 Å². The fraction of sp³-hybridized carbons (Fsp3) is 0.600. The Labute approximate surface area is 137 Å². The molecule has 0 saturated carbocycles. The van der Waals surface area contributed by atoms with Crippen LogP contribution in [-0.4, -0.2) is 43.3 Å². The summed E-state index contributed by atoms with van der Waals surface area (Å²) in [4.78, 5) is 2.45. The maximum absolute atomic E-state index is 6.29. The Balaban J connectivity index is 0.00000161. The van der Waals surface area contributed by atoms with E-state index in [0.717, 1.165) is 25.4 Å². The van der Waals surface area contributed by atoms with Crippen molar-refractivity contribution >= 4 is 24.0 Å². The summed E-state index contributed by atoms with van der Waals surface area (Å²) in [6.07, 6.45) is 0. The Morgan fingerprint density at radius 3 is 2.57 bits per heavy atom. The molecule has 1 saturated heterocycles. The van der Waals surface area contributed by atoms with Crippen molar-refractivity contribution in [3.8, 4) is 11.5 Å². The maximum Gasteiger partial charge on any atom is 0.179 e. The van der Waals surface area contributed by atoms with E-state index in [1.165, 1.54) is 5.56 Å². The third-order valence-corrected chi connectivity index (χ3v) is 3.98. The molecule has 2 atom stereocenters. The van der Waals surface area contributed by atoms with Crippen molar-refractivity contribution in [2.45, 2.75) is 32.5 Å². The third-order valence-electron chi connectivity index (χ3n) is 3.70. The van der Waals surface area contributed by atoms with E-state index in [9.17, 15) is 0 Å². The number of rotatable bonds is 2. The highest BCUT2D eigenvalue weighted by molar-refractivity contribution is 6.32. The summed E-state index contributed by atoms with van der Waals surface area (Å²) < 4.78 is 11.2. The van der Waals surface area contributed by atoms with Crippen molar-refractivity contribution in [2.24, 2.45) is 0 Å². The van der Waals surface area contributed by atoms with Crippen LogP contribution in [0.2, 0.25) is 5.02 Å². The zero-order chi connectivity index (χ0) is 14.1. The fourth-order valence-corrected chi connectivity index (χ4v) is 3.37. The standard InChI is InChI=1S/C15H21ClN2O2.ClH/c1-10-7-18(8-11(2)17-10)9-12-5-13(16)15-14(6-12)19-3-4-20-15;/h5-6,10-11,17H,3-4,7-9H2,1-2H3;1H. The molecule has 2 aliphatic heterocycles. The normalized spacial score (nSPS) is 25.3. The van der Waals surface area contributed by atoms with Crippen LogP contribution in [0.3, 0.4) is 0 Å². The van der Waals surface area contributed by atoms with E-state index in [1.807, 2.05) is 6.07 Å². The van der Waals surface area contributed by atoms with Gasteiger partial charge in [0.1, 0.15) is 13.2 Å². The van der Waals surface area contributed by atoms with Crippen LogP contribution in [0.5, 0.6) is 11.5 Å². The maximum atomic E-state index is 6.29. The first-order valence-corrected chi connectivity index (χ1v) is 7.56. The van der Waals surface area contributed by atoms with Gasteiger partial charge in [-0.2, -0.15) is 0 Å². The Morgan fingerprint density at radius 2 is 1.86 bits per heavy atom. The largest absolute Gasteiger partial charge is 0.486 e. The van der Waals surface area contributed by atoms with Crippen LogP contribution in [0.25, 0.3) is 0 Å². The molecule has 4 nitrogen and oxygen atoms in total. The topological polar surface area (TPSA) is 33.7 Å². The average molecular weight is 333 g/mol. The highest BCUT2D eigenvalue weighted by Crippen LogP contribution is 2.38. The van der Waals surface area contributed by atoms with Gasteiger partial charge in [-0.05, 0) is 31.5 Å². The van der Waals surface area contributed by atoms with E-state index in [-0.39, 0.29) is 12.4 Å². The van der Waals surface area contributed by atoms with Crippen LogP contribution < -0.4 is 14.8 Å². The van der Waals surface area contributed by atoms with Gasteiger partial charge in [0.05, 0.1) is 5.02 Å².